The van der Waals surface area contributed by atoms with Gasteiger partial charge in [-0.3, -0.25) is 4.79 Å². The second-order valence-electron chi connectivity index (χ2n) is 4.54. The molecule has 2 fully saturated rings. The fourth-order valence-electron chi connectivity index (χ4n) is 1.81. The molecule has 4 nitrogen and oxygen atoms in total. The van der Waals surface area contributed by atoms with E-state index < -0.39 is 0 Å². The van der Waals surface area contributed by atoms with Gasteiger partial charge in [-0.25, -0.2) is 0 Å². The summed E-state index contributed by atoms with van der Waals surface area (Å²) >= 11 is 0. The lowest BCUT2D eigenvalue weighted by Gasteiger charge is -2.22. The molecule has 0 aromatic heterocycles. The average Bonchev–Trinajstić information content (AvgIpc) is 3.09. The summed E-state index contributed by atoms with van der Waals surface area (Å²) in [5, 5.41) is 6.15. The standard InChI is InChI=1S/C11H20N2O2/c14-11(7-12-10-3-4-10)13-6-9-2-1-5-15-8-9/h9-10,12H,1-8H2,(H,13,14). The second-order valence-corrected chi connectivity index (χ2v) is 4.54. The Kier molecular flexibility index (Phi) is 3.97. The molecule has 1 unspecified atom stereocenters. The molecule has 4 heteroatoms. The Bertz CT molecular complexity index is 211. The Hall–Kier alpha value is -0.610. The molecule has 0 aromatic carbocycles. The number of carbonyl (C=O) groups is 1. The molecule has 1 amide bonds. The molecule has 2 aliphatic rings. The van der Waals surface area contributed by atoms with Crippen LogP contribution in [-0.2, 0) is 9.53 Å². The van der Waals surface area contributed by atoms with Gasteiger partial charge in [0.25, 0.3) is 0 Å². The lowest BCUT2D eigenvalue weighted by atomic mass is 10.0. The summed E-state index contributed by atoms with van der Waals surface area (Å²) in [6, 6.07) is 0.605. The highest BCUT2D eigenvalue weighted by molar-refractivity contribution is 5.78. The number of hydrogen-bond donors (Lipinski definition) is 2. The van der Waals surface area contributed by atoms with E-state index in [9.17, 15) is 4.79 Å². The van der Waals surface area contributed by atoms with Gasteiger partial charge in [-0.2, -0.15) is 0 Å². The molecule has 1 aliphatic carbocycles. The van der Waals surface area contributed by atoms with Crippen molar-refractivity contribution in [1.29, 1.82) is 0 Å². The van der Waals surface area contributed by atoms with Gasteiger partial charge in [0.15, 0.2) is 0 Å². The van der Waals surface area contributed by atoms with Gasteiger partial charge in [-0.05, 0) is 31.6 Å². The van der Waals surface area contributed by atoms with E-state index >= 15 is 0 Å². The molecule has 1 atom stereocenters. The summed E-state index contributed by atoms with van der Waals surface area (Å²) in [6.07, 6.45) is 4.75. The SMILES string of the molecule is O=C(CNC1CC1)NCC1CCCOC1. The number of hydrogen-bond acceptors (Lipinski definition) is 3. The quantitative estimate of drug-likeness (QED) is 0.688. The highest BCUT2D eigenvalue weighted by Crippen LogP contribution is 2.17. The topological polar surface area (TPSA) is 50.4 Å². The molecular formula is C11H20N2O2. The molecule has 0 spiro atoms. The van der Waals surface area contributed by atoms with Crippen LogP contribution in [0.3, 0.4) is 0 Å². The Morgan fingerprint density at radius 1 is 1.33 bits per heavy atom. The highest BCUT2D eigenvalue weighted by atomic mass is 16.5. The van der Waals surface area contributed by atoms with Crippen LogP contribution >= 0.6 is 0 Å². The molecule has 86 valence electrons. The third kappa shape index (κ3) is 4.18. The van der Waals surface area contributed by atoms with Gasteiger partial charge >= 0.3 is 0 Å². The molecule has 1 heterocycles. The summed E-state index contributed by atoms with van der Waals surface area (Å²) in [5.41, 5.74) is 0. The first-order valence-corrected chi connectivity index (χ1v) is 5.92. The van der Waals surface area contributed by atoms with Crippen LogP contribution in [0.15, 0.2) is 0 Å². The predicted molar refractivity (Wildman–Crippen MR) is 57.6 cm³/mol. The number of carbonyl (C=O) groups excluding carboxylic acids is 1. The zero-order chi connectivity index (χ0) is 10.5. The second kappa shape index (κ2) is 5.47. The van der Waals surface area contributed by atoms with Crippen molar-refractivity contribution >= 4 is 5.91 Å². The van der Waals surface area contributed by atoms with Crippen molar-refractivity contribution in [2.75, 3.05) is 26.3 Å². The van der Waals surface area contributed by atoms with Gasteiger partial charge in [0.05, 0.1) is 13.2 Å². The molecule has 15 heavy (non-hydrogen) atoms. The summed E-state index contributed by atoms with van der Waals surface area (Å²) in [7, 11) is 0. The van der Waals surface area contributed by atoms with E-state index in [1.165, 1.54) is 19.3 Å². The van der Waals surface area contributed by atoms with Crippen LogP contribution in [0.1, 0.15) is 25.7 Å². The van der Waals surface area contributed by atoms with E-state index in [1.807, 2.05) is 0 Å². The maximum Gasteiger partial charge on any atom is 0.233 e. The minimum Gasteiger partial charge on any atom is -0.381 e. The highest BCUT2D eigenvalue weighted by Gasteiger charge is 2.21. The first kappa shape index (κ1) is 10.9. The molecule has 0 aromatic rings. The third-order valence-corrected chi connectivity index (χ3v) is 2.97. The van der Waals surface area contributed by atoms with E-state index in [0.717, 1.165) is 26.2 Å². The smallest absolute Gasteiger partial charge is 0.233 e. The predicted octanol–water partition coefficient (Wildman–Crippen LogP) is 0.281. The van der Waals surface area contributed by atoms with Crippen molar-refractivity contribution < 1.29 is 9.53 Å². The average molecular weight is 212 g/mol. The first-order valence-electron chi connectivity index (χ1n) is 5.92. The van der Waals surface area contributed by atoms with Crippen LogP contribution in [-0.4, -0.2) is 38.3 Å². The summed E-state index contributed by atoms with van der Waals surface area (Å²) < 4.78 is 5.36. The molecule has 1 saturated carbocycles. The Labute approximate surface area is 90.8 Å². The molecule has 2 N–H and O–H groups in total. The number of ether oxygens (including phenoxy) is 1. The normalized spacial score (nSPS) is 26.3. The maximum absolute atomic E-state index is 11.4. The van der Waals surface area contributed by atoms with E-state index in [4.69, 9.17) is 4.74 Å². The van der Waals surface area contributed by atoms with Crippen molar-refractivity contribution in [3.63, 3.8) is 0 Å². The van der Waals surface area contributed by atoms with Gasteiger partial charge in [0.2, 0.25) is 5.91 Å². The van der Waals surface area contributed by atoms with Gasteiger partial charge in [0, 0.05) is 19.2 Å². The Balaban J connectivity index is 1.53. The molecular weight excluding hydrogens is 192 g/mol. The van der Waals surface area contributed by atoms with E-state index in [1.54, 1.807) is 0 Å². The van der Waals surface area contributed by atoms with Crippen molar-refractivity contribution in [1.82, 2.24) is 10.6 Å². The van der Waals surface area contributed by atoms with Crippen LogP contribution in [0.2, 0.25) is 0 Å². The van der Waals surface area contributed by atoms with Crippen molar-refractivity contribution in [2.24, 2.45) is 5.92 Å². The Morgan fingerprint density at radius 2 is 2.20 bits per heavy atom. The molecule has 2 rings (SSSR count). The van der Waals surface area contributed by atoms with E-state index in [0.29, 0.717) is 18.5 Å². The molecule has 0 radical (unpaired) electrons. The van der Waals surface area contributed by atoms with E-state index in [-0.39, 0.29) is 5.91 Å². The monoisotopic (exact) mass is 212 g/mol. The number of nitrogens with one attached hydrogen (secondary N) is 2. The number of amides is 1. The molecule has 1 saturated heterocycles. The lowest BCUT2D eigenvalue weighted by molar-refractivity contribution is -0.120. The van der Waals surface area contributed by atoms with Crippen LogP contribution in [0, 0.1) is 5.92 Å². The van der Waals surface area contributed by atoms with Gasteiger partial charge in [-0.1, -0.05) is 0 Å². The molecule has 0 bridgehead atoms. The van der Waals surface area contributed by atoms with Crippen LogP contribution in [0.25, 0.3) is 0 Å². The lowest BCUT2D eigenvalue weighted by Crippen LogP contribution is -2.38. The van der Waals surface area contributed by atoms with Crippen LogP contribution in [0.5, 0.6) is 0 Å². The maximum atomic E-state index is 11.4. The van der Waals surface area contributed by atoms with Gasteiger partial charge in [0.1, 0.15) is 0 Å². The molecule has 1 aliphatic heterocycles. The Morgan fingerprint density at radius 3 is 2.87 bits per heavy atom. The van der Waals surface area contributed by atoms with E-state index in [2.05, 4.69) is 10.6 Å². The van der Waals surface area contributed by atoms with Gasteiger partial charge in [-0.15, -0.1) is 0 Å². The van der Waals surface area contributed by atoms with Crippen LogP contribution in [0.4, 0.5) is 0 Å². The van der Waals surface area contributed by atoms with Gasteiger partial charge < -0.3 is 15.4 Å². The fraction of sp³-hybridized carbons (Fsp3) is 0.909. The minimum absolute atomic E-state index is 0.118. The largest absolute Gasteiger partial charge is 0.381 e. The summed E-state index contributed by atoms with van der Waals surface area (Å²) in [6.45, 7) is 2.92. The first-order chi connectivity index (χ1) is 7.34. The summed E-state index contributed by atoms with van der Waals surface area (Å²) in [5.74, 6) is 0.635. The zero-order valence-corrected chi connectivity index (χ0v) is 9.13. The van der Waals surface area contributed by atoms with Crippen molar-refractivity contribution in [2.45, 2.75) is 31.7 Å². The van der Waals surface area contributed by atoms with Crippen molar-refractivity contribution in [3.05, 3.63) is 0 Å². The fourth-order valence-corrected chi connectivity index (χ4v) is 1.81. The zero-order valence-electron chi connectivity index (χ0n) is 9.13. The van der Waals surface area contributed by atoms with Crippen LogP contribution < -0.4 is 10.6 Å². The number of rotatable bonds is 5. The summed E-state index contributed by atoms with van der Waals surface area (Å²) in [4.78, 5) is 11.4. The minimum atomic E-state index is 0.118. The third-order valence-electron chi connectivity index (χ3n) is 2.97. The van der Waals surface area contributed by atoms with Crippen molar-refractivity contribution in [3.8, 4) is 0 Å².